The largest absolute Gasteiger partial charge is 0.449 e. The monoisotopic (exact) mass is 286 g/mol. The van der Waals surface area contributed by atoms with Gasteiger partial charge in [-0.15, -0.1) is 0 Å². The number of hydrogen-bond donors (Lipinski definition) is 0. The van der Waals surface area contributed by atoms with Crippen molar-refractivity contribution >= 4 is 12.2 Å². The van der Waals surface area contributed by atoms with Crippen LogP contribution in [-0.2, 0) is 9.47 Å². The smallest absolute Gasteiger partial charge is 0.410 e. The molecule has 0 bridgehead atoms. The molecule has 1 heterocycles. The zero-order valence-electron chi connectivity index (χ0n) is 13.0. The molecule has 0 N–H and O–H groups in total. The standard InChI is InChI=1S/C14H26N2O4/c1-5-6-11-19-12(17)15-7-9-16(10-8-15)13(18)20-14(2,3)4/h5-11H2,1-4H3. The van der Waals surface area contributed by atoms with Gasteiger partial charge in [0.1, 0.15) is 5.60 Å². The third kappa shape index (κ3) is 5.67. The molecular formula is C14H26N2O4. The maximum absolute atomic E-state index is 11.9. The van der Waals surface area contributed by atoms with Crippen LogP contribution in [0.4, 0.5) is 9.59 Å². The molecule has 1 fully saturated rings. The molecule has 0 radical (unpaired) electrons. The average molecular weight is 286 g/mol. The van der Waals surface area contributed by atoms with Crippen molar-refractivity contribution in [2.45, 2.75) is 46.1 Å². The SMILES string of the molecule is CCCCOC(=O)N1CCN(C(=O)OC(C)(C)C)CC1. The Balaban J connectivity index is 2.32. The fourth-order valence-electron chi connectivity index (χ4n) is 1.79. The van der Waals surface area contributed by atoms with Crippen molar-refractivity contribution in [1.82, 2.24) is 9.80 Å². The van der Waals surface area contributed by atoms with Gasteiger partial charge >= 0.3 is 12.2 Å². The first-order chi connectivity index (χ1) is 9.33. The quantitative estimate of drug-likeness (QED) is 0.748. The van der Waals surface area contributed by atoms with Crippen LogP contribution in [0.3, 0.4) is 0 Å². The molecule has 20 heavy (non-hydrogen) atoms. The van der Waals surface area contributed by atoms with Gasteiger partial charge in [-0.05, 0) is 27.2 Å². The molecule has 1 rings (SSSR count). The number of ether oxygens (including phenoxy) is 2. The number of piperazine rings is 1. The number of amides is 2. The summed E-state index contributed by atoms with van der Waals surface area (Å²) in [5, 5.41) is 0. The summed E-state index contributed by atoms with van der Waals surface area (Å²) in [6, 6.07) is 0. The van der Waals surface area contributed by atoms with Crippen LogP contribution in [0.15, 0.2) is 0 Å². The Kier molecular flexibility index (Phi) is 6.10. The predicted octanol–water partition coefficient (Wildman–Crippen LogP) is 2.48. The summed E-state index contributed by atoms with van der Waals surface area (Å²) < 4.78 is 10.5. The highest BCUT2D eigenvalue weighted by Crippen LogP contribution is 2.12. The lowest BCUT2D eigenvalue weighted by Gasteiger charge is -2.35. The van der Waals surface area contributed by atoms with E-state index in [4.69, 9.17) is 9.47 Å². The molecule has 116 valence electrons. The maximum Gasteiger partial charge on any atom is 0.410 e. The zero-order valence-corrected chi connectivity index (χ0v) is 13.0. The minimum Gasteiger partial charge on any atom is -0.449 e. The van der Waals surface area contributed by atoms with E-state index in [1.165, 1.54) is 0 Å². The molecule has 1 saturated heterocycles. The van der Waals surface area contributed by atoms with Gasteiger partial charge < -0.3 is 19.3 Å². The second-order valence-corrected chi connectivity index (χ2v) is 5.92. The third-order valence-electron chi connectivity index (χ3n) is 2.91. The fourth-order valence-corrected chi connectivity index (χ4v) is 1.79. The van der Waals surface area contributed by atoms with Gasteiger partial charge in [0.15, 0.2) is 0 Å². The third-order valence-corrected chi connectivity index (χ3v) is 2.91. The number of nitrogens with zero attached hydrogens (tertiary/aromatic N) is 2. The first-order valence-electron chi connectivity index (χ1n) is 7.23. The van der Waals surface area contributed by atoms with Gasteiger partial charge in [0.25, 0.3) is 0 Å². The molecule has 0 atom stereocenters. The van der Waals surface area contributed by atoms with Crippen LogP contribution in [0.5, 0.6) is 0 Å². The van der Waals surface area contributed by atoms with E-state index in [1.54, 1.807) is 9.80 Å². The predicted molar refractivity (Wildman–Crippen MR) is 75.6 cm³/mol. The number of rotatable bonds is 3. The zero-order chi connectivity index (χ0) is 15.2. The summed E-state index contributed by atoms with van der Waals surface area (Å²) in [4.78, 5) is 26.9. The Morgan fingerprint density at radius 1 is 1.00 bits per heavy atom. The van der Waals surface area contributed by atoms with Gasteiger partial charge in [-0.1, -0.05) is 13.3 Å². The minimum absolute atomic E-state index is 0.290. The van der Waals surface area contributed by atoms with E-state index in [9.17, 15) is 9.59 Å². The number of hydrogen-bond acceptors (Lipinski definition) is 4. The van der Waals surface area contributed by atoms with E-state index in [1.807, 2.05) is 27.7 Å². The molecule has 6 heteroatoms. The lowest BCUT2D eigenvalue weighted by molar-refractivity contribution is 0.0129. The van der Waals surface area contributed by atoms with Gasteiger partial charge in [0, 0.05) is 26.2 Å². The Morgan fingerprint density at radius 3 is 1.95 bits per heavy atom. The normalized spacial score (nSPS) is 16.0. The van der Waals surface area contributed by atoms with Gasteiger partial charge in [-0.3, -0.25) is 0 Å². The van der Waals surface area contributed by atoms with E-state index in [2.05, 4.69) is 0 Å². The van der Waals surface area contributed by atoms with E-state index < -0.39 is 5.60 Å². The van der Waals surface area contributed by atoms with Crippen molar-refractivity contribution in [2.24, 2.45) is 0 Å². The van der Waals surface area contributed by atoms with E-state index >= 15 is 0 Å². The van der Waals surface area contributed by atoms with Crippen LogP contribution in [0.2, 0.25) is 0 Å². The minimum atomic E-state index is -0.493. The van der Waals surface area contributed by atoms with Crippen LogP contribution < -0.4 is 0 Å². The van der Waals surface area contributed by atoms with Crippen LogP contribution in [-0.4, -0.2) is 60.4 Å². The van der Waals surface area contributed by atoms with E-state index in [-0.39, 0.29) is 12.2 Å². The van der Waals surface area contributed by atoms with Crippen LogP contribution in [0, 0.1) is 0 Å². The van der Waals surface area contributed by atoms with Crippen LogP contribution in [0.1, 0.15) is 40.5 Å². The Labute approximate surface area is 121 Å². The molecule has 0 aromatic heterocycles. The van der Waals surface area contributed by atoms with E-state index in [0.717, 1.165) is 12.8 Å². The van der Waals surface area contributed by atoms with Crippen LogP contribution in [0.25, 0.3) is 0 Å². The maximum atomic E-state index is 11.9. The summed E-state index contributed by atoms with van der Waals surface area (Å²) in [5.41, 5.74) is -0.493. The second kappa shape index (κ2) is 7.36. The molecule has 0 aliphatic carbocycles. The van der Waals surface area contributed by atoms with Crippen LogP contribution >= 0.6 is 0 Å². The topological polar surface area (TPSA) is 59.1 Å². The molecule has 2 amide bonds. The fraction of sp³-hybridized carbons (Fsp3) is 0.857. The molecular weight excluding hydrogens is 260 g/mol. The summed E-state index contributed by atoms with van der Waals surface area (Å²) in [5.74, 6) is 0. The molecule has 1 aliphatic rings. The Bertz CT molecular complexity index is 331. The molecule has 0 aromatic carbocycles. The van der Waals surface area contributed by atoms with Crippen molar-refractivity contribution in [3.05, 3.63) is 0 Å². The molecule has 6 nitrogen and oxygen atoms in total. The first-order valence-corrected chi connectivity index (χ1v) is 7.23. The van der Waals surface area contributed by atoms with E-state index in [0.29, 0.717) is 32.8 Å². The van der Waals surface area contributed by atoms with Crippen molar-refractivity contribution in [3.63, 3.8) is 0 Å². The molecule has 0 spiro atoms. The van der Waals surface area contributed by atoms with Crippen molar-refractivity contribution in [3.8, 4) is 0 Å². The van der Waals surface area contributed by atoms with Crippen molar-refractivity contribution in [2.75, 3.05) is 32.8 Å². The lowest BCUT2D eigenvalue weighted by atomic mass is 10.2. The second-order valence-electron chi connectivity index (χ2n) is 5.92. The van der Waals surface area contributed by atoms with Crippen molar-refractivity contribution < 1.29 is 19.1 Å². The number of unbranched alkanes of at least 4 members (excludes halogenated alkanes) is 1. The Morgan fingerprint density at radius 2 is 1.50 bits per heavy atom. The van der Waals surface area contributed by atoms with Gasteiger partial charge in [0.2, 0.25) is 0 Å². The van der Waals surface area contributed by atoms with Crippen molar-refractivity contribution in [1.29, 1.82) is 0 Å². The Hall–Kier alpha value is -1.46. The summed E-state index contributed by atoms with van der Waals surface area (Å²) >= 11 is 0. The first kappa shape index (κ1) is 16.6. The van der Waals surface area contributed by atoms with Gasteiger partial charge in [-0.25, -0.2) is 9.59 Å². The lowest BCUT2D eigenvalue weighted by Crippen LogP contribution is -2.51. The summed E-state index contributed by atoms with van der Waals surface area (Å²) in [7, 11) is 0. The summed E-state index contributed by atoms with van der Waals surface area (Å²) in [6.45, 7) is 9.98. The number of carbonyl (C=O) groups is 2. The van der Waals surface area contributed by atoms with Gasteiger partial charge in [-0.2, -0.15) is 0 Å². The summed E-state index contributed by atoms with van der Waals surface area (Å²) in [6.07, 6.45) is 1.27. The highest BCUT2D eigenvalue weighted by molar-refractivity contribution is 5.70. The molecule has 0 aromatic rings. The molecule has 0 unspecified atom stereocenters. The molecule has 1 aliphatic heterocycles. The highest BCUT2D eigenvalue weighted by atomic mass is 16.6. The molecule has 0 saturated carbocycles. The van der Waals surface area contributed by atoms with Gasteiger partial charge in [0.05, 0.1) is 6.61 Å². The average Bonchev–Trinajstić information content (AvgIpc) is 2.37. The number of carbonyl (C=O) groups excluding carboxylic acids is 2. The highest BCUT2D eigenvalue weighted by Gasteiger charge is 2.28.